The smallest absolute Gasteiger partial charge is 0.408 e. The maximum Gasteiger partial charge on any atom is 0.408 e. The molecular weight excluding hydrogens is 320 g/mol. The van der Waals surface area contributed by atoms with Crippen molar-refractivity contribution in [3.63, 3.8) is 0 Å². The van der Waals surface area contributed by atoms with Crippen molar-refractivity contribution >= 4 is 16.2 Å². The van der Waals surface area contributed by atoms with Gasteiger partial charge in [0.25, 0.3) is 10.1 Å². The fraction of sp³-hybridized carbons (Fsp3) is 0.923. The molecule has 1 N–H and O–H groups in total. The number of alkyl carbamates (subject to hydrolysis) is 1. The summed E-state index contributed by atoms with van der Waals surface area (Å²) in [6.07, 6.45) is 3.66. The van der Waals surface area contributed by atoms with Gasteiger partial charge in [0.15, 0.2) is 6.10 Å². The fourth-order valence-corrected chi connectivity index (χ4v) is 3.44. The van der Waals surface area contributed by atoms with Crippen LogP contribution in [-0.2, 0) is 19.0 Å². The molecule has 0 aromatic rings. The zero-order valence-electron chi connectivity index (χ0n) is 12.4. The zero-order chi connectivity index (χ0) is 16.4. The third-order valence-electron chi connectivity index (χ3n) is 4.10. The lowest BCUT2D eigenvalue weighted by atomic mass is 9.83. The molecule has 1 saturated heterocycles. The van der Waals surface area contributed by atoms with Crippen LogP contribution in [0.15, 0.2) is 0 Å². The average molecular weight is 341 g/mol. The first-order valence-corrected chi connectivity index (χ1v) is 9.18. The summed E-state index contributed by atoms with van der Waals surface area (Å²) < 4.78 is 58.9. The Morgan fingerprint density at radius 1 is 1.32 bits per heavy atom. The number of hydrogen-bond donors (Lipinski definition) is 1. The van der Waals surface area contributed by atoms with Crippen LogP contribution < -0.4 is 5.32 Å². The molecule has 0 aromatic heterocycles. The Morgan fingerprint density at radius 3 is 2.55 bits per heavy atom. The molecule has 0 bridgehead atoms. The molecule has 1 amide bonds. The van der Waals surface area contributed by atoms with Gasteiger partial charge in [-0.05, 0) is 12.3 Å². The van der Waals surface area contributed by atoms with E-state index >= 15 is 0 Å². The molecule has 9 heteroatoms. The number of carbonyl (C=O) groups excluding carboxylic acids is 1. The monoisotopic (exact) mass is 341 g/mol. The van der Waals surface area contributed by atoms with Crippen LogP contribution in [0.25, 0.3) is 0 Å². The Balaban J connectivity index is 2.00. The van der Waals surface area contributed by atoms with E-state index < -0.39 is 40.9 Å². The van der Waals surface area contributed by atoms with Crippen LogP contribution in [0.2, 0.25) is 0 Å². The van der Waals surface area contributed by atoms with Crippen LogP contribution in [-0.4, -0.2) is 45.4 Å². The molecule has 128 valence electrons. The van der Waals surface area contributed by atoms with Crippen molar-refractivity contribution in [3.8, 4) is 0 Å². The van der Waals surface area contributed by atoms with Gasteiger partial charge in [-0.15, -0.1) is 0 Å². The lowest BCUT2D eigenvalue weighted by molar-refractivity contribution is -0.127. The van der Waals surface area contributed by atoms with E-state index in [0.29, 0.717) is 12.7 Å². The summed E-state index contributed by atoms with van der Waals surface area (Å²) in [6, 6.07) is -0.825. The summed E-state index contributed by atoms with van der Waals surface area (Å²) in [4.78, 5) is 11.3. The average Bonchev–Trinajstić information content (AvgIpc) is 2.79. The molecule has 6 nitrogen and oxygen atoms in total. The summed E-state index contributed by atoms with van der Waals surface area (Å²) in [6.45, 7) is -1.33. The largest absolute Gasteiger partial charge is 0.437 e. The van der Waals surface area contributed by atoms with Gasteiger partial charge in [0.1, 0.15) is 6.61 Å². The summed E-state index contributed by atoms with van der Waals surface area (Å²) in [5.74, 6) is -3.29. The molecule has 2 atom stereocenters. The van der Waals surface area contributed by atoms with E-state index in [1.165, 1.54) is 0 Å². The molecule has 0 aromatic carbocycles. The minimum Gasteiger partial charge on any atom is -0.437 e. The van der Waals surface area contributed by atoms with Crippen molar-refractivity contribution in [1.29, 1.82) is 0 Å². The second-order valence-electron chi connectivity index (χ2n) is 6.04. The Hall–Kier alpha value is -0.960. The highest BCUT2D eigenvalue weighted by Crippen LogP contribution is 2.34. The highest BCUT2D eigenvalue weighted by Gasteiger charge is 2.52. The van der Waals surface area contributed by atoms with Gasteiger partial charge in [-0.3, -0.25) is 4.18 Å². The van der Waals surface area contributed by atoms with E-state index in [1.807, 2.05) is 0 Å². The fourth-order valence-electron chi connectivity index (χ4n) is 3.07. The first-order valence-electron chi connectivity index (χ1n) is 7.37. The van der Waals surface area contributed by atoms with Crippen LogP contribution >= 0.6 is 0 Å². The van der Waals surface area contributed by atoms with E-state index in [9.17, 15) is 22.0 Å². The maximum absolute atomic E-state index is 14.1. The Labute approximate surface area is 128 Å². The minimum atomic E-state index is -3.99. The molecule has 0 radical (unpaired) electrons. The number of amides is 1. The normalized spacial score (nSPS) is 27.5. The molecule has 1 heterocycles. The molecule has 1 aliphatic carbocycles. The lowest BCUT2D eigenvalue weighted by Gasteiger charge is -2.29. The molecule has 1 aliphatic heterocycles. The van der Waals surface area contributed by atoms with E-state index in [2.05, 4.69) is 14.2 Å². The van der Waals surface area contributed by atoms with E-state index in [4.69, 9.17) is 0 Å². The van der Waals surface area contributed by atoms with Crippen molar-refractivity contribution in [2.75, 3.05) is 12.9 Å². The van der Waals surface area contributed by atoms with Crippen molar-refractivity contribution in [2.24, 2.45) is 5.92 Å². The predicted molar refractivity (Wildman–Crippen MR) is 74.1 cm³/mol. The quantitative estimate of drug-likeness (QED) is 0.748. The molecule has 0 spiro atoms. The first-order chi connectivity index (χ1) is 10.2. The molecule has 2 unspecified atom stereocenters. The van der Waals surface area contributed by atoms with Gasteiger partial charge in [-0.2, -0.15) is 17.2 Å². The number of halogens is 2. The number of rotatable bonds is 6. The van der Waals surface area contributed by atoms with E-state index in [1.54, 1.807) is 0 Å². The van der Waals surface area contributed by atoms with Gasteiger partial charge < -0.3 is 10.1 Å². The number of nitrogens with one attached hydrogen (secondary N) is 1. The third kappa shape index (κ3) is 4.77. The van der Waals surface area contributed by atoms with Crippen molar-refractivity contribution in [1.82, 2.24) is 5.32 Å². The first kappa shape index (κ1) is 17.4. The summed E-state index contributed by atoms with van der Waals surface area (Å²) in [7, 11) is -3.99. The molecule has 2 fully saturated rings. The number of cyclic esters (lactones) is 1. The van der Waals surface area contributed by atoms with Crippen LogP contribution in [0.3, 0.4) is 0 Å². The number of alkyl halides is 2. The number of ether oxygens (including phenoxy) is 1. The van der Waals surface area contributed by atoms with Gasteiger partial charge >= 0.3 is 12.0 Å². The van der Waals surface area contributed by atoms with Crippen LogP contribution in [0.4, 0.5) is 13.6 Å². The molecule has 2 rings (SSSR count). The Bertz CT molecular complexity index is 505. The predicted octanol–water partition coefficient (Wildman–Crippen LogP) is 2.05. The van der Waals surface area contributed by atoms with Gasteiger partial charge in [0, 0.05) is 0 Å². The highest BCUT2D eigenvalue weighted by molar-refractivity contribution is 7.85. The second kappa shape index (κ2) is 6.66. The number of hydrogen-bond acceptors (Lipinski definition) is 5. The highest BCUT2D eigenvalue weighted by atomic mass is 32.2. The maximum atomic E-state index is 14.1. The van der Waals surface area contributed by atoms with Gasteiger partial charge in [-0.1, -0.05) is 32.1 Å². The summed E-state index contributed by atoms with van der Waals surface area (Å²) in [5.41, 5.74) is 0. The zero-order valence-corrected chi connectivity index (χ0v) is 13.2. The minimum absolute atomic E-state index is 0.273. The molecule has 22 heavy (non-hydrogen) atoms. The summed E-state index contributed by atoms with van der Waals surface area (Å²) >= 11 is 0. The van der Waals surface area contributed by atoms with Crippen molar-refractivity contribution in [3.05, 3.63) is 0 Å². The van der Waals surface area contributed by atoms with E-state index in [-0.39, 0.29) is 5.92 Å². The van der Waals surface area contributed by atoms with E-state index in [0.717, 1.165) is 32.1 Å². The van der Waals surface area contributed by atoms with Crippen LogP contribution in [0, 0.1) is 5.92 Å². The second-order valence-corrected chi connectivity index (χ2v) is 7.69. The molecule has 1 saturated carbocycles. The van der Waals surface area contributed by atoms with Gasteiger partial charge in [0.05, 0.1) is 12.3 Å². The standard InChI is InChI=1S/C13H21F2NO5S/c1-22(18,19)20-8-13(14,15)11-10(16-12(17)21-11)7-9-5-3-2-4-6-9/h9-11H,2-8H2,1H3,(H,16,17). The van der Waals surface area contributed by atoms with Crippen molar-refractivity contribution < 1.29 is 30.9 Å². The van der Waals surface area contributed by atoms with Crippen molar-refractivity contribution in [2.45, 2.75) is 56.6 Å². The Morgan fingerprint density at radius 2 is 1.95 bits per heavy atom. The molecule has 2 aliphatic rings. The molecular formula is C13H21F2NO5S. The van der Waals surface area contributed by atoms with Gasteiger partial charge in [-0.25, -0.2) is 4.79 Å². The SMILES string of the molecule is CS(=O)(=O)OCC(F)(F)C1OC(=O)NC1CC1CCCCC1. The van der Waals surface area contributed by atoms with Crippen LogP contribution in [0.5, 0.6) is 0 Å². The van der Waals surface area contributed by atoms with Crippen LogP contribution in [0.1, 0.15) is 38.5 Å². The number of carbonyl (C=O) groups is 1. The Kier molecular flexibility index (Phi) is 5.26. The topological polar surface area (TPSA) is 81.7 Å². The lowest BCUT2D eigenvalue weighted by Crippen LogP contribution is -2.47. The third-order valence-corrected chi connectivity index (χ3v) is 4.64. The van der Waals surface area contributed by atoms with Gasteiger partial charge in [0.2, 0.25) is 0 Å². The summed E-state index contributed by atoms with van der Waals surface area (Å²) in [5, 5.41) is 2.41.